The van der Waals surface area contributed by atoms with E-state index in [0.29, 0.717) is 11.6 Å². The summed E-state index contributed by atoms with van der Waals surface area (Å²) in [4.78, 5) is 21.3. The highest BCUT2D eigenvalue weighted by Gasteiger charge is 2.26. The number of carbonyl (C=O) groups excluding carboxylic acids is 1. The zero-order valence-corrected chi connectivity index (χ0v) is 15.8. The smallest absolute Gasteiger partial charge is 0.253 e. The number of hydrogen-bond donors (Lipinski definition) is 1. The summed E-state index contributed by atoms with van der Waals surface area (Å²) in [5.41, 5.74) is 1.88. The number of nitrogens with zero attached hydrogens (tertiary/aromatic N) is 3. The lowest BCUT2D eigenvalue weighted by atomic mass is 10.1. The van der Waals surface area contributed by atoms with Gasteiger partial charge in [0.25, 0.3) is 5.91 Å². The Balaban J connectivity index is 1.62. The zero-order valence-electron chi connectivity index (χ0n) is 15.8. The molecule has 0 bridgehead atoms. The second-order valence-corrected chi connectivity index (χ2v) is 6.76. The van der Waals surface area contributed by atoms with Crippen molar-refractivity contribution in [3.05, 3.63) is 59.8 Å². The molecule has 1 unspecified atom stereocenters. The summed E-state index contributed by atoms with van der Waals surface area (Å²) in [6, 6.07) is 14.8. The van der Waals surface area contributed by atoms with Gasteiger partial charge in [0, 0.05) is 38.4 Å². The number of aromatic nitrogens is 1. The van der Waals surface area contributed by atoms with Crippen LogP contribution in [0, 0.1) is 12.3 Å². The fraction of sp³-hybridized carbons (Fsp3) is 0.364. The van der Waals surface area contributed by atoms with Crippen LogP contribution in [0.25, 0.3) is 0 Å². The molecule has 1 atom stereocenters. The van der Waals surface area contributed by atoms with Gasteiger partial charge in [-0.3, -0.25) is 9.69 Å². The lowest BCUT2D eigenvalue weighted by Crippen LogP contribution is -2.52. The van der Waals surface area contributed by atoms with E-state index in [4.69, 9.17) is 6.42 Å². The topological polar surface area (TPSA) is 48.5 Å². The van der Waals surface area contributed by atoms with E-state index in [-0.39, 0.29) is 12.5 Å². The summed E-state index contributed by atoms with van der Waals surface area (Å²) in [5.74, 6) is 3.13. The molecule has 0 radical (unpaired) electrons. The molecule has 140 valence electrons. The number of amides is 1. The average Bonchev–Trinajstić information content (AvgIpc) is 2.73. The molecule has 1 fully saturated rings. The monoisotopic (exact) mass is 362 g/mol. The molecule has 5 nitrogen and oxygen atoms in total. The quantitative estimate of drug-likeness (QED) is 0.803. The van der Waals surface area contributed by atoms with E-state index in [1.807, 2.05) is 12.1 Å². The van der Waals surface area contributed by atoms with Crippen LogP contribution in [0.2, 0.25) is 0 Å². The van der Waals surface area contributed by atoms with Crippen LogP contribution in [0.15, 0.2) is 48.7 Å². The molecule has 5 heteroatoms. The first-order chi connectivity index (χ1) is 13.2. The van der Waals surface area contributed by atoms with E-state index in [9.17, 15) is 4.79 Å². The molecule has 1 aliphatic rings. The number of benzene rings is 1. The molecule has 1 aliphatic heterocycles. The minimum Gasteiger partial charge on any atom is -0.354 e. The molecule has 3 rings (SSSR count). The Hall–Kier alpha value is -2.84. The molecule has 0 aliphatic carbocycles. The summed E-state index contributed by atoms with van der Waals surface area (Å²) in [6.07, 6.45) is 7.89. The Bertz CT molecular complexity index is 782. The molecule has 0 saturated carbocycles. The standard InChI is InChI=1S/C22H26N4O/c1-3-12-23-22(27)19-10-11-21(24-15-19)26-14-13-25(20(4-2)17-26)16-18-8-6-5-7-9-18/h1,5-11,15,20H,4,12-14,16-17H2,2H3,(H,23,27). The predicted octanol–water partition coefficient (Wildman–Crippen LogP) is 2.55. The molecule has 0 spiro atoms. The van der Waals surface area contributed by atoms with Gasteiger partial charge in [-0.05, 0) is 24.1 Å². The predicted molar refractivity (Wildman–Crippen MR) is 109 cm³/mol. The van der Waals surface area contributed by atoms with E-state index < -0.39 is 0 Å². The lowest BCUT2D eigenvalue weighted by Gasteiger charge is -2.41. The number of carbonyl (C=O) groups is 1. The third-order valence-electron chi connectivity index (χ3n) is 4.99. The van der Waals surface area contributed by atoms with E-state index >= 15 is 0 Å². The molecule has 1 amide bonds. The minimum absolute atomic E-state index is 0.189. The van der Waals surface area contributed by atoms with Crippen molar-refractivity contribution in [1.29, 1.82) is 0 Å². The zero-order chi connectivity index (χ0) is 19.1. The highest BCUT2D eigenvalue weighted by Crippen LogP contribution is 2.21. The third-order valence-corrected chi connectivity index (χ3v) is 4.99. The average molecular weight is 362 g/mol. The largest absolute Gasteiger partial charge is 0.354 e. The van der Waals surface area contributed by atoms with Gasteiger partial charge in [-0.1, -0.05) is 43.2 Å². The second-order valence-electron chi connectivity index (χ2n) is 6.76. The van der Waals surface area contributed by atoms with Gasteiger partial charge >= 0.3 is 0 Å². The van der Waals surface area contributed by atoms with Crippen molar-refractivity contribution in [2.45, 2.75) is 25.9 Å². The highest BCUT2D eigenvalue weighted by molar-refractivity contribution is 5.94. The van der Waals surface area contributed by atoms with Gasteiger partial charge < -0.3 is 10.2 Å². The Morgan fingerprint density at radius 1 is 1.26 bits per heavy atom. The summed E-state index contributed by atoms with van der Waals surface area (Å²) < 4.78 is 0. The Morgan fingerprint density at radius 3 is 2.74 bits per heavy atom. The maximum atomic E-state index is 11.9. The van der Waals surface area contributed by atoms with Crippen LogP contribution < -0.4 is 10.2 Å². The van der Waals surface area contributed by atoms with E-state index in [1.165, 1.54) is 5.56 Å². The highest BCUT2D eigenvalue weighted by atomic mass is 16.1. The maximum absolute atomic E-state index is 11.9. The molecule has 1 aromatic carbocycles. The number of anilines is 1. The van der Waals surface area contributed by atoms with Gasteiger partial charge in [-0.2, -0.15) is 0 Å². The molecular weight excluding hydrogens is 336 g/mol. The molecule has 2 heterocycles. The van der Waals surface area contributed by atoms with Crippen molar-refractivity contribution in [3.8, 4) is 12.3 Å². The number of pyridine rings is 1. The number of nitrogens with one attached hydrogen (secondary N) is 1. The molecule has 1 aromatic heterocycles. The summed E-state index contributed by atoms with van der Waals surface area (Å²) >= 11 is 0. The molecule has 27 heavy (non-hydrogen) atoms. The van der Waals surface area contributed by atoms with Crippen molar-refractivity contribution in [2.24, 2.45) is 0 Å². The minimum atomic E-state index is -0.189. The van der Waals surface area contributed by atoms with Crippen LogP contribution in [0.4, 0.5) is 5.82 Å². The maximum Gasteiger partial charge on any atom is 0.253 e. The summed E-state index contributed by atoms with van der Waals surface area (Å²) in [6.45, 7) is 6.31. The van der Waals surface area contributed by atoms with Crippen LogP contribution in [0.5, 0.6) is 0 Å². The Morgan fingerprint density at radius 2 is 2.07 bits per heavy atom. The van der Waals surface area contributed by atoms with Crippen molar-refractivity contribution in [2.75, 3.05) is 31.1 Å². The SMILES string of the molecule is C#CCNC(=O)c1ccc(N2CCN(Cc3ccccc3)C(CC)C2)nc1. The van der Waals surface area contributed by atoms with E-state index in [1.54, 1.807) is 6.20 Å². The van der Waals surface area contributed by atoms with E-state index in [2.05, 4.69) is 63.3 Å². The normalized spacial score (nSPS) is 17.3. The molecule has 1 saturated heterocycles. The van der Waals surface area contributed by atoms with Gasteiger partial charge in [-0.15, -0.1) is 6.42 Å². The third kappa shape index (κ3) is 4.87. The van der Waals surface area contributed by atoms with Crippen LogP contribution in [0.1, 0.15) is 29.3 Å². The number of hydrogen-bond acceptors (Lipinski definition) is 4. The first-order valence-corrected chi connectivity index (χ1v) is 9.42. The van der Waals surface area contributed by atoms with Crippen LogP contribution >= 0.6 is 0 Å². The summed E-state index contributed by atoms with van der Waals surface area (Å²) in [7, 11) is 0. The Kier molecular flexibility index (Phi) is 6.45. The lowest BCUT2D eigenvalue weighted by molar-refractivity contribution is 0.0958. The fourth-order valence-corrected chi connectivity index (χ4v) is 3.46. The molecular formula is C22H26N4O. The fourth-order valence-electron chi connectivity index (χ4n) is 3.46. The number of rotatable bonds is 6. The van der Waals surface area contributed by atoms with Crippen molar-refractivity contribution < 1.29 is 4.79 Å². The van der Waals surface area contributed by atoms with E-state index in [0.717, 1.165) is 38.4 Å². The van der Waals surface area contributed by atoms with Gasteiger partial charge in [-0.25, -0.2) is 4.98 Å². The van der Waals surface area contributed by atoms with Gasteiger partial charge in [0.15, 0.2) is 0 Å². The van der Waals surface area contributed by atoms with Crippen LogP contribution in [-0.2, 0) is 6.54 Å². The van der Waals surface area contributed by atoms with Crippen molar-refractivity contribution in [1.82, 2.24) is 15.2 Å². The first-order valence-electron chi connectivity index (χ1n) is 9.42. The molecule has 2 aromatic rings. The van der Waals surface area contributed by atoms with Gasteiger partial charge in [0.2, 0.25) is 0 Å². The second kappa shape index (κ2) is 9.20. The molecule has 1 N–H and O–H groups in total. The number of terminal acetylenes is 1. The van der Waals surface area contributed by atoms with Gasteiger partial charge in [0.05, 0.1) is 12.1 Å². The van der Waals surface area contributed by atoms with Crippen LogP contribution in [-0.4, -0.2) is 48.0 Å². The Labute approximate surface area is 161 Å². The number of piperazine rings is 1. The van der Waals surface area contributed by atoms with Gasteiger partial charge in [0.1, 0.15) is 5.82 Å². The van der Waals surface area contributed by atoms with Crippen molar-refractivity contribution in [3.63, 3.8) is 0 Å². The van der Waals surface area contributed by atoms with Crippen molar-refractivity contribution >= 4 is 11.7 Å². The summed E-state index contributed by atoms with van der Waals surface area (Å²) in [5, 5.41) is 2.66. The van der Waals surface area contributed by atoms with Crippen LogP contribution in [0.3, 0.4) is 0 Å². The first kappa shape index (κ1) is 18.9.